The van der Waals surface area contributed by atoms with Gasteiger partial charge in [-0.05, 0) is 72.5 Å². The Morgan fingerprint density at radius 1 is 0.818 bits per heavy atom. The van der Waals surface area contributed by atoms with E-state index in [-0.39, 0.29) is 33.0 Å². The van der Waals surface area contributed by atoms with E-state index in [9.17, 15) is 40.3 Å². The first-order valence-corrected chi connectivity index (χ1v) is 14.4. The lowest BCUT2D eigenvalue weighted by Crippen LogP contribution is -2.50. The Labute approximate surface area is 271 Å². The molecule has 0 saturated heterocycles. The molecule has 2 unspecified atom stereocenters. The Morgan fingerprint density at radius 3 is 1.84 bits per heavy atom. The van der Waals surface area contributed by atoms with Crippen LogP contribution < -0.4 is 5.32 Å². The molecule has 0 aliphatic heterocycles. The molecule has 0 aromatic heterocycles. The number of nitrogens with one attached hydrogen (secondary N) is 1. The van der Waals surface area contributed by atoms with E-state index in [4.69, 9.17) is 58.0 Å². The van der Waals surface area contributed by atoms with E-state index < -0.39 is 57.9 Å². The number of hydrogen-bond donors (Lipinski definition) is 1. The minimum atomic E-state index is -6.28. The van der Waals surface area contributed by atoms with E-state index in [1.165, 1.54) is 24.3 Å². The highest BCUT2D eigenvalue weighted by molar-refractivity contribution is 6.53. The predicted molar refractivity (Wildman–Crippen MR) is 156 cm³/mol. The molecule has 3 nitrogen and oxygen atoms in total. The van der Waals surface area contributed by atoms with Crippen molar-refractivity contribution in [3.8, 4) is 0 Å². The van der Waals surface area contributed by atoms with Crippen molar-refractivity contribution in [1.82, 2.24) is 0 Å². The maximum atomic E-state index is 14.6. The highest BCUT2D eigenvalue weighted by Crippen LogP contribution is 2.65. The number of ketones is 1. The van der Waals surface area contributed by atoms with Crippen molar-refractivity contribution in [2.24, 2.45) is 5.92 Å². The van der Waals surface area contributed by atoms with E-state index in [0.29, 0.717) is 27.7 Å². The fraction of sp³-hybridized carbons (Fsp3) is 0.310. The first-order chi connectivity index (χ1) is 20.1. The largest absolute Gasteiger partial charge is 0.435 e. The van der Waals surface area contributed by atoms with E-state index in [2.05, 4.69) is 5.32 Å². The Bertz CT molecular complexity index is 1600. The van der Waals surface area contributed by atoms with Crippen molar-refractivity contribution in [3.63, 3.8) is 0 Å². The highest BCUT2D eigenvalue weighted by atomic mass is 35.5. The molecular formula is C29H19Cl5F7NO2. The first-order valence-electron chi connectivity index (χ1n) is 12.5. The normalized spacial score (nSPS) is 18.2. The third-order valence-corrected chi connectivity index (χ3v) is 9.03. The lowest BCUT2D eigenvalue weighted by molar-refractivity contribution is -0.348. The maximum absolute atomic E-state index is 14.6. The van der Waals surface area contributed by atoms with Gasteiger partial charge in [-0.1, -0.05) is 46.9 Å². The molecule has 3 aromatic rings. The van der Waals surface area contributed by atoms with Crippen LogP contribution in [0.1, 0.15) is 44.1 Å². The van der Waals surface area contributed by atoms with Crippen LogP contribution in [0.4, 0.5) is 36.4 Å². The number of carbonyl (C=O) groups excluding carboxylic acids is 2. The van der Waals surface area contributed by atoms with Gasteiger partial charge in [-0.2, -0.15) is 26.3 Å². The summed E-state index contributed by atoms with van der Waals surface area (Å²) < 4.78 is 92.8. The minimum absolute atomic E-state index is 0.0428. The van der Waals surface area contributed by atoms with Gasteiger partial charge in [0.15, 0.2) is 5.78 Å². The van der Waals surface area contributed by atoms with Crippen LogP contribution in [0.5, 0.6) is 0 Å². The van der Waals surface area contributed by atoms with Crippen LogP contribution in [0.25, 0.3) is 0 Å². The zero-order valence-electron chi connectivity index (χ0n) is 22.3. The number of rotatable bonds is 7. The van der Waals surface area contributed by atoms with Gasteiger partial charge in [0.2, 0.25) is 5.91 Å². The quantitative estimate of drug-likeness (QED) is 0.150. The third kappa shape index (κ3) is 6.38. The summed E-state index contributed by atoms with van der Waals surface area (Å²) in [7, 11) is 0. The second kappa shape index (κ2) is 11.8. The SMILES string of the molecule is Cc1cc(C(F)(C(F)(F)F)C(F)(F)F)cc(C)c1CC(=O)c1cc(NC(=O)C2C(c3cc(Cl)cc(Cl)c3)C2(Cl)Cl)ccc1Cl. The van der Waals surface area contributed by atoms with Gasteiger partial charge in [-0.15, -0.1) is 23.2 Å². The van der Waals surface area contributed by atoms with Gasteiger partial charge in [-0.3, -0.25) is 9.59 Å². The van der Waals surface area contributed by atoms with Crippen molar-refractivity contribution in [3.05, 3.63) is 97.0 Å². The van der Waals surface area contributed by atoms with Crippen molar-refractivity contribution in [2.75, 3.05) is 5.32 Å². The van der Waals surface area contributed by atoms with Gasteiger partial charge in [0, 0.05) is 39.2 Å². The Morgan fingerprint density at radius 2 is 1.34 bits per heavy atom. The Hall–Kier alpha value is -2.24. The standard InChI is InChI=1S/C29H19Cl5F7NO2/c1-12-5-15(27(35,28(36,37)38)29(39,40)41)6-13(2)19(12)11-22(43)20-10-18(3-4-21(20)32)42-25(44)24-23(26(24,33)34)14-7-16(30)9-17(31)8-14/h3-10,23-24H,11H2,1-2H3,(H,42,44). The van der Waals surface area contributed by atoms with Crippen molar-refractivity contribution < 1.29 is 40.3 Å². The highest BCUT2D eigenvalue weighted by Gasteiger charge is 2.73. The summed E-state index contributed by atoms with van der Waals surface area (Å²) in [5.41, 5.74) is -6.98. The number of carbonyl (C=O) groups is 2. The number of halogens is 12. The van der Waals surface area contributed by atoms with Gasteiger partial charge < -0.3 is 5.32 Å². The fourth-order valence-electron chi connectivity index (χ4n) is 5.07. The Kier molecular flexibility index (Phi) is 9.32. The van der Waals surface area contributed by atoms with Gasteiger partial charge >= 0.3 is 18.0 Å². The van der Waals surface area contributed by atoms with E-state index in [1.807, 2.05) is 0 Å². The van der Waals surface area contributed by atoms with Crippen LogP contribution in [0, 0.1) is 19.8 Å². The monoisotopic (exact) mass is 721 g/mol. The van der Waals surface area contributed by atoms with Gasteiger partial charge in [-0.25, -0.2) is 4.39 Å². The van der Waals surface area contributed by atoms with E-state index >= 15 is 0 Å². The number of aryl methyl sites for hydroxylation is 2. The fourth-order valence-corrected chi connectivity index (χ4v) is 6.67. The molecule has 4 rings (SSSR count). The summed E-state index contributed by atoms with van der Waals surface area (Å²) in [6, 6.07) is 9.43. The van der Waals surface area contributed by atoms with Crippen molar-refractivity contribution in [1.29, 1.82) is 0 Å². The molecule has 1 aliphatic rings. The van der Waals surface area contributed by atoms with E-state index in [0.717, 1.165) is 13.8 Å². The van der Waals surface area contributed by atoms with Crippen LogP contribution in [0.3, 0.4) is 0 Å². The molecule has 15 heteroatoms. The van der Waals surface area contributed by atoms with E-state index in [1.54, 1.807) is 12.1 Å². The molecule has 0 bridgehead atoms. The summed E-state index contributed by atoms with van der Waals surface area (Å²) >= 11 is 31.1. The maximum Gasteiger partial charge on any atom is 0.435 e. The van der Waals surface area contributed by atoms with Gasteiger partial charge in [0.05, 0.1) is 10.9 Å². The summed E-state index contributed by atoms with van der Waals surface area (Å²) in [6.45, 7) is 2.32. The summed E-state index contributed by atoms with van der Waals surface area (Å²) in [6.07, 6.45) is -13.1. The van der Waals surface area contributed by atoms with Crippen LogP contribution in [0.15, 0.2) is 48.5 Å². The van der Waals surface area contributed by atoms with Crippen LogP contribution >= 0.6 is 58.0 Å². The lowest BCUT2D eigenvalue weighted by Gasteiger charge is -2.31. The molecule has 1 aliphatic carbocycles. The molecule has 2 atom stereocenters. The van der Waals surface area contributed by atoms with Crippen LogP contribution in [0.2, 0.25) is 15.1 Å². The van der Waals surface area contributed by atoms with Gasteiger partial charge in [0.1, 0.15) is 4.33 Å². The number of anilines is 1. The summed E-state index contributed by atoms with van der Waals surface area (Å²) in [5, 5.41) is 3.19. The molecule has 44 heavy (non-hydrogen) atoms. The zero-order chi connectivity index (χ0) is 33.2. The predicted octanol–water partition coefficient (Wildman–Crippen LogP) is 10.5. The van der Waals surface area contributed by atoms with Crippen molar-refractivity contribution >= 4 is 75.4 Å². The smallest absolute Gasteiger partial charge is 0.326 e. The first kappa shape index (κ1) is 34.6. The average molecular weight is 724 g/mol. The summed E-state index contributed by atoms with van der Waals surface area (Å²) in [4.78, 5) is 26.3. The minimum Gasteiger partial charge on any atom is -0.326 e. The molecule has 3 aromatic carbocycles. The Balaban J connectivity index is 1.57. The topological polar surface area (TPSA) is 46.2 Å². The van der Waals surface area contributed by atoms with Crippen LogP contribution in [-0.4, -0.2) is 28.4 Å². The number of hydrogen-bond acceptors (Lipinski definition) is 2. The number of Topliss-reactive ketones (excluding diaryl/α,β-unsaturated/α-hetero) is 1. The second-order valence-electron chi connectivity index (χ2n) is 10.4. The molecule has 0 heterocycles. The molecule has 236 valence electrons. The molecule has 1 saturated carbocycles. The molecule has 0 spiro atoms. The van der Waals surface area contributed by atoms with Crippen LogP contribution in [-0.2, 0) is 16.9 Å². The number of alkyl halides is 9. The third-order valence-electron chi connectivity index (χ3n) is 7.33. The molecule has 1 fully saturated rings. The molecule has 1 amide bonds. The summed E-state index contributed by atoms with van der Waals surface area (Å²) in [5.74, 6) is -2.84. The molecule has 1 N–H and O–H groups in total. The molecule has 0 radical (unpaired) electrons. The average Bonchev–Trinajstić information content (AvgIpc) is 3.46. The molecular weight excluding hydrogens is 705 g/mol. The number of benzene rings is 3. The van der Waals surface area contributed by atoms with Gasteiger partial charge in [0.25, 0.3) is 0 Å². The second-order valence-corrected chi connectivity index (χ2v) is 13.1. The lowest BCUT2D eigenvalue weighted by atomic mass is 9.87. The number of amides is 1. The van der Waals surface area contributed by atoms with Crippen molar-refractivity contribution in [2.45, 2.75) is 48.5 Å². The zero-order valence-corrected chi connectivity index (χ0v) is 26.1.